The number of carbonyl (C=O) groups is 2. The lowest BCUT2D eigenvalue weighted by Crippen LogP contribution is -2.40. The van der Waals surface area contributed by atoms with E-state index in [0.717, 1.165) is 65.5 Å². The van der Waals surface area contributed by atoms with Crippen molar-refractivity contribution >= 4 is 58.2 Å². The third kappa shape index (κ3) is 14.4. The molecule has 282 valence electrons. The first kappa shape index (κ1) is 40.7. The molecule has 0 radical (unpaired) electrons. The molecule has 3 fully saturated rings. The second kappa shape index (κ2) is 21.4. The number of hydrogen-bond donors (Lipinski definition) is 2. The summed E-state index contributed by atoms with van der Waals surface area (Å²) < 4.78 is 0. The number of benzene rings is 3. The molecule has 1 heterocycles. The third-order valence-electron chi connectivity index (χ3n) is 10.4. The molecule has 7 heteroatoms. The molecule has 0 unspecified atom stereocenters. The molecule has 0 saturated heterocycles. The van der Waals surface area contributed by atoms with Gasteiger partial charge in [0, 0.05) is 40.2 Å². The third-order valence-corrected chi connectivity index (χ3v) is 12.2. The number of fused-ring (bicyclic) bond motifs is 1. The summed E-state index contributed by atoms with van der Waals surface area (Å²) in [6.07, 6.45) is 23.4. The summed E-state index contributed by atoms with van der Waals surface area (Å²) in [5, 5.41) is 13.5. The van der Waals surface area contributed by atoms with Gasteiger partial charge in [0.15, 0.2) is 5.78 Å². The van der Waals surface area contributed by atoms with Gasteiger partial charge in [0.05, 0.1) is 11.2 Å². The van der Waals surface area contributed by atoms with Gasteiger partial charge in [-0.2, -0.15) is 11.8 Å². The Bertz CT molecular complexity index is 1770. The highest BCUT2D eigenvalue weighted by molar-refractivity contribution is 7.99. The lowest BCUT2D eigenvalue weighted by molar-refractivity contribution is -0.134. The minimum absolute atomic E-state index is 0.143. The zero-order valence-electron chi connectivity index (χ0n) is 31.6. The van der Waals surface area contributed by atoms with Gasteiger partial charge in [0.1, 0.15) is 0 Å². The highest BCUT2D eigenvalue weighted by Gasteiger charge is 2.24. The van der Waals surface area contributed by atoms with Gasteiger partial charge in [-0.25, -0.2) is 4.98 Å². The van der Waals surface area contributed by atoms with E-state index < -0.39 is 5.97 Å². The predicted molar refractivity (Wildman–Crippen MR) is 225 cm³/mol. The van der Waals surface area contributed by atoms with E-state index in [9.17, 15) is 4.79 Å². The lowest BCUT2D eigenvalue weighted by Gasteiger charge is -2.30. The zero-order chi connectivity index (χ0) is 37.4. The average Bonchev–Trinajstić information content (AvgIpc) is 4.00. The molecule has 0 bridgehead atoms. The van der Waals surface area contributed by atoms with Crippen molar-refractivity contribution in [3.05, 3.63) is 112 Å². The van der Waals surface area contributed by atoms with E-state index in [-0.39, 0.29) is 5.78 Å². The highest BCUT2D eigenvalue weighted by atomic mass is 35.5. The quantitative estimate of drug-likeness (QED) is 0.140. The zero-order valence-corrected chi connectivity index (χ0v) is 33.1. The Kier molecular flexibility index (Phi) is 16.5. The summed E-state index contributed by atoms with van der Waals surface area (Å²) in [5.74, 6) is 1.39. The van der Waals surface area contributed by atoms with Gasteiger partial charge in [-0.1, -0.05) is 117 Å². The minimum atomic E-state index is -0.833. The second-order valence-electron chi connectivity index (χ2n) is 14.9. The number of aromatic nitrogens is 1. The van der Waals surface area contributed by atoms with Crippen LogP contribution in [0.5, 0.6) is 0 Å². The largest absolute Gasteiger partial charge is 0.481 e. The molecule has 0 aliphatic heterocycles. The SMILES string of the molecule is C1CCC(NC2CCCCC2)CC1.CC(=O)O.CC(=O)c1ccccc1CC[C@@H](SCC1CC1)c1cccc(/C=C/c2ccc3ccc(Cl)cc3n2)c1. The van der Waals surface area contributed by atoms with Crippen LogP contribution in [0.1, 0.15) is 135 Å². The van der Waals surface area contributed by atoms with Crippen molar-refractivity contribution in [1.29, 1.82) is 0 Å². The van der Waals surface area contributed by atoms with Crippen molar-refractivity contribution in [2.75, 3.05) is 5.75 Å². The number of Topliss-reactive ketones (excluding diaryl/α,β-unsaturated/α-hetero) is 1. The van der Waals surface area contributed by atoms with E-state index in [1.165, 1.54) is 93.9 Å². The first-order valence-electron chi connectivity index (χ1n) is 19.7. The Morgan fingerprint density at radius 1 is 0.830 bits per heavy atom. The van der Waals surface area contributed by atoms with Crippen molar-refractivity contribution < 1.29 is 14.7 Å². The van der Waals surface area contributed by atoms with Crippen molar-refractivity contribution in [2.45, 2.75) is 121 Å². The molecule has 3 saturated carbocycles. The smallest absolute Gasteiger partial charge is 0.300 e. The first-order chi connectivity index (χ1) is 25.7. The standard InChI is InChI=1S/C32H30ClNOS.C12H23N.C2H4O2/c1-22(35)30-8-3-2-6-25(30)14-18-32(36-21-24-9-10-24)27-7-4-5-23(19-27)11-16-29-17-13-26-12-15-28(33)20-31(26)34-29;1-3-7-11(8-4-1)13-12-9-5-2-6-10-12;1-2(3)4/h2-8,11-13,15-17,19-20,24,32H,9-10,14,18,21H2,1H3;11-13H,1-10H2;1H3,(H,3,4)/b16-11+;;/t32-;;/m1../s1. The fraction of sp³-hybridized carbons (Fsp3) is 0.457. The maximum absolute atomic E-state index is 12.1. The Labute approximate surface area is 326 Å². The van der Waals surface area contributed by atoms with Gasteiger partial charge >= 0.3 is 0 Å². The van der Waals surface area contributed by atoms with Gasteiger partial charge < -0.3 is 10.4 Å². The Hall–Kier alpha value is -3.45. The van der Waals surface area contributed by atoms with Gasteiger partial charge in [0.25, 0.3) is 5.97 Å². The number of aliphatic carboxylic acids is 1. The molecule has 3 aromatic carbocycles. The number of halogens is 1. The van der Waals surface area contributed by atoms with Crippen LogP contribution in [0.3, 0.4) is 0 Å². The van der Waals surface area contributed by atoms with Crippen LogP contribution in [-0.2, 0) is 11.2 Å². The van der Waals surface area contributed by atoms with E-state index >= 15 is 0 Å². The van der Waals surface area contributed by atoms with E-state index in [1.54, 1.807) is 6.92 Å². The van der Waals surface area contributed by atoms with Crippen molar-refractivity contribution in [3.8, 4) is 0 Å². The molecule has 0 amide bonds. The summed E-state index contributed by atoms with van der Waals surface area (Å²) in [6, 6.07) is 28.5. The molecule has 0 spiro atoms. The van der Waals surface area contributed by atoms with Crippen LogP contribution >= 0.6 is 23.4 Å². The fourth-order valence-corrected chi connectivity index (χ4v) is 8.99. The van der Waals surface area contributed by atoms with Crippen LogP contribution in [0.15, 0.2) is 78.9 Å². The number of carbonyl (C=O) groups excluding carboxylic acids is 1. The number of rotatable bonds is 12. The normalized spacial score (nSPS) is 17.0. The van der Waals surface area contributed by atoms with Crippen molar-refractivity contribution in [2.24, 2.45) is 5.92 Å². The molecule has 1 atom stereocenters. The molecule has 1 aromatic heterocycles. The second-order valence-corrected chi connectivity index (χ2v) is 16.6. The number of nitrogens with one attached hydrogen (secondary N) is 1. The van der Waals surface area contributed by atoms with Gasteiger partial charge in [-0.05, 0) is 111 Å². The summed E-state index contributed by atoms with van der Waals surface area (Å²) in [7, 11) is 0. The van der Waals surface area contributed by atoms with Crippen molar-refractivity contribution in [3.63, 3.8) is 0 Å². The Morgan fingerprint density at radius 3 is 2.15 bits per heavy atom. The molecule has 7 rings (SSSR count). The van der Waals surface area contributed by atoms with Crippen LogP contribution in [0.4, 0.5) is 0 Å². The van der Waals surface area contributed by atoms with Crippen molar-refractivity contribution in [1.82, 2.24) is 10.3 Å². The number of carboxylic acid groups (broad SMARTS) is 1. The summed E-state index contributed by atoms with van der Waals surface area (Å²) in [4.78, 5) is 25.8. The molecule has 5 nitrogen and oxygen atoms in total. The van der Waals surface area contributed by atoms with Crippen LogP contribution in [-0.4, -0.2) is 39.7 Å². The molecule has 3 aliphatic rings. The molecule has 2 N–H and O–H groups in total. The summed E-state index contributed by atoms with van der Waals surface area (Å²) in [5.41, 5.74) is 6.34. The van der Waals surface area contributed by atoms with E-state index in [4.69, 9.17) is 26.5 Å². The number of aryl methyl sites for hydroxylation is 1. The topological polar surface area (TPSA) is 79.3 Å². The number of pyridine rings is 1. The molecule has 4 aromatic rings. The lowest BCUT2D eigenvalue weighted by atomic mass is 9.91. The van der Waals surface area contributed by atoms with Gasteiger partial charge in [-0.15, -0.1) is 0 Å². The minimum Gasteiger partial charge on any atom is -0.481 e. The highest BCUT2D eigenvalue weighted by Crippen LogP contribution is 2.41. The molecular weight excluding hydrogens is 696 g/mol. The van der Waals surface area contributed by atoms with Gasteiger partial charge in [-0.3, -0.25) is 9.59 Å². The maximum Gasteiger partial charge on any atom is 0.300 e. The Morgan fingerprint density at radius 2 is 1.49 bits per heavy atom. The fourth-order valence-electron chi connectivity index (χ4n) is 7.37. The predicted octanol–water partition coefficient (Wildman–Crippen LogP) is 12.4. The number of hydrogen-bond acceptors (Lipinski definition) is 5. The Balaban J connectivity index is 0.000000263. The van der Waals surface area contributed by atoms with Crippen LogP contribution < -0.4 is 5.32 Å². The van der Waals surface area contributed by atoms with Crippen LogP contribution in [0, 0.1) is 5.92 Å². The maximum atomic E-state index is 12.1. The molecular formula is C46H57ClN2O3S. The summed E-state index contributed by atoms with van der Waals surface area (Å²) >= 11 is 8.22. The molecule has 3 aliphatic carbocycles. The van der Waals surface area contributed by atoms with Gasteiger partial charge in [0.2, 0.25) is 0 Å². The van der Waals surface area contributed by atoms with E-state index in [2.05, 4.69) is 65.6 Å². The molecule has 53 heavy (non-hydrogen) atoms. The van der Waals surface area contributed by atoms with Crippen LogP contribution in [0.2, 0.25) is 5.02 Å². The number of nitrogens with zero attached hydrogens (tertiary/aromatic N) is 1. The number of ketones is 1. The number of thioether (sulfide) groups is 1. The summed E-state index contributed by atoms with van der Waals surface area (Å²) in [6.45, 7) is 2.74. The van der Waals surface area contributed by atoms with E-state index in [0.29, 0.717) is 10.3 Å². The first-order valence-corrected chi connectivity index (χ1v) is 21.2. The number of carboxylic acids is 1. The monoisotopic (exact) mass is 752 g/mol. The van der Waals surface area contributed by atoms with E-state index in [1.807, 2.05) is 42.5 Å². The van der Waals surface area contributed by atoms with Crippen LogP contribution in [0.25, 0.3) is 23.1 Å². The average molecular weight is 753 g/mol.